The number of aliphatic hydroxyl groups is 1. The minimum atomic E-state index is -1.23. The van der Waals surface area contributed by atoms with Crippen LogP contribution in [0, 0.1) is 11.6 Å². The normalized spacial score (nSPS) is 15.0. The van der Waals surface area contributed by atoms with Crippen molar-refractivity contribution in [3.8, 4) is 0 Å². The van der Waals surface area contributed by atoms with Gasteiger partial charge in [-0.1, -0.05) is 13.8 Å². The SMILES string of the molecule is CC(C)NCCC(C)(O)c1cc(F)cc(F)c1. The summed E-state index contributed by atoms with van der Waals surface area (Å²) in [5.74, 6) is -1.34. The van der Waals surface area contributed by atoms with Gasteiger partial charge in [0.1, 0.15) is 11.6 Å². The lowest BCUT2D eigenvalue weighted by Crippen LogP contribution is -2.31. The summed E-state index contributed by atoms with van der Waals surface area (Å²) >= 11 is 0. The Kier molecular flexibility index (Phi) is 4.60. The zero-order chi connectivity index (χ0) is 13.1. The lowest BCUT2D eigenvalue weighted by Gasteiger charge is -2.24. The molecule has 0 aliphatic heterocycles. The van der Waals surface area contributed by atoms with Gasteiger partial charge in [-0.2, -0.15) is 0 Å². The van der Waals surface area contributed by atoms with E-state index in [1.807, 2.05) is 13.8 Å². The number of hydrogen-bond acceptors (Lipinski definition) is 2. The van der Waals surface area contributed by atoms with Gasteiger partial charge in [-0.25, -0.2) is 8.78 Å². The Morgan fingerprint density at radius 2 is 1.76 bits per heavy atom. The van der Waals surface area contributed by atoms with Gasteiger partial charge in [0, 0.05) is 12.1 Å². The van der Waals surface area contributed by atoms with Crippen LogP contribution < -0.4 is 5.32 Å². The molecule has 0 saturated carbocycles. The highest BCUT2D eigenvalue weighted by molar-refractivity contribution is 5.23. The maximum atomic E-state index is 13.0. The third kappa shape index (κ3) is 4.40. The van der Waals surface area contributed by atoms with Crippen LogP contribution in [0.15, 0.2) is 18.2 Å². The van der Waals surface area contributed by atoms with Crippen molar-refractivity contribution in [2.24, 2.45) is 0 Å². The van der Waals surface area contributed by atoms with Crippen LogP contribution in [0.5, 0.6) is 0 Å². The first-order valence-electron chi connectivity index (χ1n) is 5.73. The molecule has 2 nitrogen and oxygen atoms in total. The second-order valence-corrected chi connectivity index (χ2v) is 4.79. The molecule has 0 fully saturated rings. The molecular formula is C13H19F2NO. The molecule has 1 unspecified atom stereocenters. The highest BCUT2D eigenvalue weighted by Crippen LogP contribution is 2.25. The summed E-state index contributed by atoms with van der Waals surface area (Å²) in [6.45, 7) is 6.14. The van der Waals surface area contributed by atoms with Crippen molar-refractivity contribution in [3.63, 3.8) is 0 Å². The molecule has 0 bridgehead atoms. The van der Waals surface area contributed by atoms with E-state index in [2.05, 4.69) is 5.32 Å². The molecule has 0 heterocycles. The molecule has 0 radical (unpaired) electrons. The summed E-state index contributed by atoms with van der Waals surface area (Å²) in [4.78, 5) is 0. The van der Waals surface area contributed by atoms with Crippen molar-refractivity contribution in [1.29, 1.82) is 0 Å². The molecule has 0 amide bonds. The van der Waals surface area contributed by atoms with Crippen LogP contribution in [0.2, 0.25) is 0 Å². The Bertz CT molecular complexity index is 357. The van der Waals surface area contributed by atoms with E-state index in [0.717, 1.165) is 6.07 Å². The van der Waals surface area contributed by atoms with Crippen molar-refractivity contribution in [2.45, 2.75) is 38.8 Å². The first-order valence-corrected chi connectivity index (χ1v) is 5.73. The Balaban J connectivity index is 2.74. The summed E-state index contributed by atoms with van der Waals surface area (Å²) < 4.78 is 26.1. The third-order valence-electron chi connectivity index (χ3n) is 2.65. The van der Waals surface area contributed by atoms with Crippen LogP contribution in [0.3, 0.4) is 0 Å². The van der Waals surface area contributed by atoms with Gasteiger partial charge in [0.25, 0.3) is 0 Å². The number of halogens is 2. The minimum Gasteiger partial charge on any atom is -0.385 e. The predicted molar refractivity (Wildman–Crippen MR) is 63.7 cm³/mol. The lowest BCUT2D eigenvalue weighted by atomic mass is 9.92. The van der Waals surface area contributed by atoms with Crippen LogP contribution in [-0.2, 0) is 5.60 Å². The van der Waals surface area contributed by atoms with Gasteiger partial charge < -0.3 is 10.4 Å². The Morgan fingerprint density at radius 3 is 2.24 bits per heavy atom. The summed E-state index contributed by atoms with van der Waals surface area (Å²) in [6, 6.07) is 3.44. The molecule has 1 aromatic carbocycles. The highest BCUT2D eigenvalue weighted by atomic mass is 19.1. The standard InChI is InChI=1S/C13H19F2NO/c1-9(2)16-5-4-13(3,17)10-6-11(14)8-12(15)7-10/h6-9,16-17H,4-5H2,1-3H3. The second kappa shape index (κ2) is 5.56. The summed E-state index contributed by atoms with van der Waals surface area (Å²) in [6.07, 6.45) is 0.397. The fourth-order valence-electron chi connectivity index (χ4n) is 1.61. The van der Waals surface area contributed by atoms with Crippen molar-refractivity contribution in [3.05, 3.63) is 35.4 Å². The van der Waals surface area contributed by atoms with E-state index < -0.39 is 17.2 Å². The van der Waals surface area contributed by atoms with E-state index >= 15 is 0 Å². The van der Waals surface area contributed by atoms with Crippen LogP contribution in [0.25, 0.3) is 0 Å². The summed E-state index contributed by atoms with van der Waals surface area (Å²) in [7, 11) is 0. The molecule has 0 aliphatic carbocycles. The van der Waals surface area contributed by atoms with Gasteiger partial charge >= 0.3 is 0 Å². The number of benzene rings is 1. The molecule has 0 spiro atoms. The first kappa shape index (κ1) is 14.1. The van der Waals surface area contributed by atoms with Crippen LogP contribution >= 0.6 is 0 Å². The molecule has 0 aromatic heterocycles. The molecular weight excluding hydrogens is 224 g/mol. The zero-order valence-corrected chi connectivity index (χ0v) is 10.4. The van der Waals surface area contributed by atoms with Gasteiger partial charge in [-0.05, 0) is 37.6 Å². The molecule has 0 saturated heterocycles. The molecule has 17 heavy (non-hydrogen) atoms. The number of nitrogens with one attached hydrogen (secondary N) is 1. The Hall–Kier alpha value is -1.00. The van der Waals surface area contributed by atoms with E-state index in [0.29, 0.717) is 19.0 Å². The number of hydrogen-bond donors (Lipinski definition) is 2. The highest BCUT2D eigenvalue weighted by Gasteiger charge is 2.24. The second-order valence-electron chi connectivity index (χ2n) is 4.79. The Morgan fingerprint density at radius 1 is 1.24 bits per heavy atom. The third-order valence-corrected chi connectivity index (χ3v) is 2.65. The quantitative estimate of drug-likeness (QED) is 0.833. The van der Waals surface area contributed by atoms with Crippen molar-refractivity contribution >= 4 is 0 Å². The van der Waals surface area contributed by atoms with Gasteiger partial charge in [0.05, 0.1) is 5.60 Å². The molecule has 0 aliphatic rings. The summed E-state index contributed by atoms with van der Waals surface area (Å²) in [5.41, 5.74) is -0.967. The van der Waals surface area contributed by atoms with E-state index in [-0.39, 0.29) is 5.56 Å². The Labute approximate surface area is 101 Å². The molecule has 2 N–H and O–H groups in total. The maximum Gasteiger partial charge on any atom is 0.126 e. The van der Waals surface area contributed by atoms with E-state index in [9.17, 15) is 13.9 Å². The first-order chi connectivity index (χ1) is 7.81. The average molecular weight is 243 g/mol. The molecule has 4 heteroatoms. The topological polar surface area (TPSA) is 32.3 Å². The monoisotopic (exact) mass is 243 g/mol. The number of rotatable bonds is 5. The van der Waals surface area contributed by atoms with Crippen molar-refractivity contribution in [1.82, 2.24) is 5.32 Å². The van der Waals surface area contributed by atoms with Crippen LogP contribution in [0.1, 0.15) is 32.8 Å². The van der Waals surface area contributed by atoms with E-state index in [1.54, 1.807) is 6.92 Å². The average Bonchev–Trinajstić information content (AvgIpc) is 2.14. The predicted octanol–water partition coefficient (Wildman–Crippen LogP) is 2.56. The van der Waals surface area contributed by atoms with Gasteiger partial charge in [0.15, 0.2) is 0 Å². The minimum absolute atomic E-state index is 0.264. The van der Waals surface area contributed by atoms with Gasteiger partial charge in [0.2, 0.25) is 0 Å². The molecule has 1 atom stereocenters. The molecule has 1 aromatic rings. The van der Waals surface area contributed by atoms with Crippen molar-refractivity contribution in [2.75, 3.05) is 6.54 Å². The molecule has 96 valence electrons. The van der Waals surface area contributed by atoms with E-state index in [4.69, 9.17) is 0 Å². The largest absolute Gasteiger partial charge is 0.385 e. The van der Waals surface area contributed by atoms with Crippen molar-refractivity contribution < 1.29 is 13.9 Å². The fraction of sp³-hybridized carbons (Fsp3) is 0.538. The molecule has 1 rings (SSSR count). The van der Waals surface area contributed by atoms with E-state index in [1.165, 1.54) is 12.1 Å². The van der Waals surface area contributed by atoms with Gasteiger partial charge in [-0.15, -0.1) is 0 Å². The maximum absolute atomic E-state index is 13.0. The fourth-order valence-corrected chi connectivity index (χ4v) is 1.61. The van der Waals surface area contributed by atoms with Crippen LogP contribution in [-0.4, -0.2) is 17.7 Å². The smallest absolute Gasteiger partial charge is 0.126 e. The summed E-state index contributed by atoms with van der Waals surface area (Å²) in [5, 5.41) is 13.3. The zero-order valence-electron chi connectivity index (χ0n) is 10.4. The van der Waals surface area contributed by atoms with Crippen LogP contribution in [0.4, 0.5) is 8.78 Å². The van der Waals surface area contributed by atoms with Gasteiger partial charge in [-0.3, -0.25) is 0 Å². The lowest BCUT2D eigenvalue weighted by molar-refractivity contribution is 0.0469.